The number of carbonyl (C=O) groups is 1. The van der Waals surface area contributed by atoms with Crippen molar-refractivity contribution in [2.24, 2.45) is 5.10 Å². The third-order valence-corrected chi connectivity index (χ3v) is 5.66. The Hall–Kier alpha value is -3.78. The highest BCUT2D eigenvalue weighted by Crippen LogP contribution is 2.30. The highest BCUT2D eigenvalue weighted by molar-refractivity contribution is 7.17. The third-order valence-electron chi connectivity index (χ3n) is 4.77. The van der Waals surface area contributed by atoms with Crippen LogP contribution in [0.2, 0.25) is 0 Å². The van der Waals surface area contributed by atoms with E-state index in [1.807, 2.05) is 79.0 Å². The van der Waals surface area contributed by atoms with Gasteiger partial charge in [0.2, 0.25) is 0 Å². The van der Waals surface area contributed by atoms with Crippen molar-refractivity contribution >= 4 is 39.4 Å². The van der Waals surface area contributed by atoms with Crippen LogP contribution in [-0.4, -0.2) is 35.8 Å². The molecule has 0 aliphatic heterocycles. The summed E-state index contributed by atoms with van der Waals surface area (Å²) in [5.74, 6) is -0.402. The van der Waals surface area contributed by atoms with E-state index in [4.69, 9.17) is 0 Å². The molecular weight excluding hydrogens is 410 g/mol. The predicted molar refractivity (Wildman–Crippen MR) is 126 cm³/mol. The van der Waals surface area contributed by atoms with E-state index in [0.717, 1.165) is 22.4 Å². The Balaban J connectivity index is 1.49. The summed E-state index contributed by atoms with van der Waals surface area (Å²) in [7, 11) is 3.94. The molecule has 0 atom stereocenters. The van der Waals surface area contributed by atoms with Gasteiger partial charge >= 0.3 is 0 Å². The minimum Gasteiger partial charge on any atom is -0.378 e. The molecule has 31 heavy (non-hydrogen) atoms. The molecule has 0 saturated carbocycles. The van der Waals surface area contributed by atoms with E-state index in [-0.39, 0.29) is 12.1 Å². The van der Waals surface area contributed by atoms with Crippen LogP contribution in [0.4, 0.5) is 5.69 Å². The minimum absolute atomic E-state index is 0.164. The number of benzene rings is 2. The zero-order valence-corrected chi connectivity index (χ0v) is 18.0. The second-order valence-corrected chi connectivity index (χ2v) is 8.01. The van der Waals surface area contributed by atoms with Gasteiger partial charge in [-0.25, -0.2) is 10.4 Å². The Morgan fingerprint density at radius 2 is 1.90 bits per heavy atom. The Labute approximate surface area is 183 Å². The quantitative estimate of drug-likeness (QED) is 0.375. The topological polar surface area (TPSA) is 79.6 Å². The van der Waals surface area contributed by atoms with Crippen molar-refractivity contribution < 1.29 is 4.79 Å². The summed E-state index contributed by atoms with van der Waals surface area (Å²) in [6.45, 7) is -0.164. The first-order valence-corrected chi connectivity index (χ1v) is 10.5. The average Bonchev–Trinajstić information content (AvgIpc) is 3.22. The van der Waals surface area contributed by atoms with Gasteiger partial charge < -0.3 is 4.90 Å². The highest BCUT2D eigenvalue weighted by Gasteiger charge is 2.14. The summed E-state index contributed by atoms with van der Waals surface area (Å²) >= 11 is 1.41. The fraction of sp³-hybridized carbons (Fsp3) is 0.130. The lowest BCUT2D eigenvalue weighted by atomic mass is 10.1. The normalized spacial score (nSPS) is 11.2. The predicted octanol–water partition coefficient (Wildman–Crippen LogP) is 3.34. The first kappa shape index (κ1) is 20.5. The van der Waals surface area contributed by atoms with E-state index < -0.39 is 5.91 Å². The van der Waals surface area contributed by atoms with Crippen molar-refractivity contribution in [3.63, 3.8) is 0 Å². The van der Waals surface area contributed by atoms with Gasteiger partial charge in [0, 0.05) is 30.7 Å². The highest BCUT2D eigenvalue weighted by atomic mass is 32.1. The standard InChI is InChI=1S/C23H21N5O2S/c1-27(2)18-10-8-16(9-11-18)12-25-26-20(29)13-28-15-24-22-21(23(28)30)19(14-31-22)17-6-4-3-5-7-17/h3-12,14-15H,13H2,1-2H3,(H,26,29)/b25-12+. The van der Waals surface area contributed by atoms with Crippen molar-refractivity contribution in [2.75, 3.05) is 19.0 Å². The fourth-order valence-corrected chi connectivity index (χ4v) is 4.04. The Kier molecular flexibility index (Phi) is 5.90. The van der Waals surface area contributed by atoms with Crippen LogP contribution in [0, 0.1) is 0 Å². The van der Waals surface area contributed by atoms with Gasteiger partial charge in [0.15, 0.2) is 0 Å². The zero-order valence-electron chi connectivity index (χ0n) is 17.1. The molecule has 0 unspecified atom stereocenters. The summed E-state index contributed by atoms with van der Waals surface area (Å²) in [5, 5.41) is 6.43. The van der Waals surface area contributed by atoms with Crippen molar-refractivity contribution in [1.82, 2.24) is 15.0 Å². The smallest absolute Gasteiger partial charge is 0.263 e. The molecule has 1 N–H and O–H groups in total. The first-order chi connectivity index (χ1) is 15.0. The number of anilines is 1. The molecule has 0 aliphatic carbocycles. The maximum absolute atomic E-state index is 13.0. The summed E-state index contributed by atoms with van der Waals surface area (Å²) in [4.78, 5) is 32.3. The number of fused-ring (bicyclic) bond motifs is 1. The first-order valence-electron chi connectivity index (χ1n) is 9.64. The van der Waals surface area contributed by atoms with E-state index in [1.54, 1.807) is 6.21 Å². The largest absolute Gasteiger partial charge is 0.378 e. The molecule has 8 heteroatoms. The number of rotatable bonds is 6. The monoisotopic (exact) mass is 431 g/mol. The van der Waals surface area contributed by atoms with Crippen LogP contribution < -0.4 is 15.9 Å². The maximum atomic E-state index is 13.0. The van der Waals surface area contributed by atoms with Gasteiger partial charge in [0.05, 0.1) is 17.9 Å². The molecule has 4 rings (SSSR count). The molecule has 2 aromatic heterocycles. The average molecular weight is 432 g/mol. The molecule has 0 radical (unpaired) electrons. The fourth-order valence-electron chi connectivity index (χ4n) is 3.14. The maximum Gasteiger partial charge on any atom is 0.263 e. The molecule has 2 heterocycles. The number of thiophene rings is 1. The molecular formula is C23H21N5O2S. The van der Waals surface area contributed by atoms with Crippen molar-refractivity contribution in [2.45, 2.75) is 6.54 Å². The number of aromatic nitrogens is 2. The van der Waals surface area contributed by atoms with E-state index >= 15 is 0 Å². The molecule has 156 valence electrons. The van der Waals surface area contributed by atoms with Crippen LogP contribution in [-0.2, 0) is 11.3 Å². The van der Waals surface area contributed by atoms with E-state index in [2.05, 4.69) is 15.5 Å². The minimum atomic E-state index is -0.402. The molecule has 0 spiro atoms. The van der Waals surface area contributed by atoms with Gasteiger partial charge in [0.1, 0.15) is 11.4 Å². The molecule has 1 amide bonds. The second-order valence-electron chi connectivity index (χ2n) is 7.15. The number of hydrazone groups is 1. The van der Waals surface area contributed by atoms with Crippen molar-refractivity contribution in [3.8, 4) is 11.1 Å². The van der Waals surface area contributed by atoms with Gasteiger partial charge in [-0.1, -0.05) is 42.5 Å². The molecule has 0 bridgehead atoms. The number of amides is 1. The van der Waals surface area contributed by atoms with Crippen LogP contribution >= 0.6 is 11.3 Å². The lowest BCUT2D eigenvalue weighted by Crippen LogP contribution is -2.30. The van der Waals surface area contributed by atoms with Gasteiger partial charge in [-0.15, -0.1) is 11.3 Å². The number of carbonyl (C=O) groups excluding carboxylic acids is 1. The Morgan fingerprint density at radius 3 is 2.61 bits per heavy atom. The van der Waals surface area contributed by atoms with Crippen molar-refractivity contribution in [3.05, 3.63) is 82.2 Å². The van der Waals surface area contributed by atoms with Gasteiger partial charge in [-0.3, -0.25) is 14.2 Å². The second kappa shape index (κ2) is 8.93. The van der Waals surface area contributed by atoms with Gasteiger partial charge in [-0.2, -0.15) is 5.10 Å². The van der Waals surface area contributed by atoms with Crippen LogP contribution in [0.15, 0.2) is 76.2 Å². The molecule has 0 fully saturated rings. The summed E-state index contributed by atoms with van der Waals surface area (Å²) in [6.07, 6.45) is 2.97. The molecule has 0 saturated heterocycles. The number of hydrogen-bond donors (Lipinski definition) is 1. The number of nitrogens with one attached hydrogen (secondary N) is 1. The number of nitrogens with zero attached hydrogens (tertiary/aromatic N) is 4. The molecule has 7 nitrogen and oxygen atoms in total. The Morgan fingerprint density at radius 1 is 1.16 bits per heavy atom. The van der Waals surface area contributed by atoms with E-state index in [1.165, 1.54) is 22.2 Å². The molecule has 4 aromatic rings. The zero-order chi connectivity index (χ0) is 21.8. The van der Waals surface area contributed by atoms with Crippen LogP contribution in [0.1, 0.15) is 5.56 Å². The third kappa shape index (κ3) is 4.54. The SMILES string of the molecule is CN(C)c1ccc(/C=N/NC(=O)Cn2cnc3scc(-c4ccccc4)c3c2=O)cc1. The summed E-state index contributed by atoms with van der Waals surface area (Å²) in [6, 6.07) is 17.4. The summed E-state index contributed by atoms with van der Waals surface area (Å²) < 4.78 is 1.30. The number of hydrogen-bond acceptors (Lipinski definition) is 6. The summed E-state index contributed by atoms with van der Waals surface area (Å²) in [5.41, 5.74) is 5.92. The lowest BCUT2D eigenvalue weighted by Gasteiger charge is -2.11. The molecule has 0 aliphatic rings. The van der Waals surface area contributed by atoms with E-state index in [9.17, 15) is 9.59 Å². The van der Waals surface area contributed by atoms with Crippen LogP contribution in [0.25, 0.3) is 21.3 Å². The molecule has 2 aromatic carbocycles. The van der Waals surface area contributed by atoms with Crippen molar-refractivity contribution in [1.29, 1.82) is 0 Å². The van der Waals surface area contributed by atoms with Crippen LogP contribution in [0.5, 0.6) is 0 Å². The van der Waals surface area contributed by atoms with E-state index in [0.29, 0.717) is 10.2 Å². The van der Waals surface area contributed by atoms with Crippen LogP contribution in [0.3, 0.4) is 0 Å². The van der Waals surface area contributed by atoms with Gasteiger partial charge in [-0.05, 0) is 23.3 Å². The Bertz CT molecular complexity index is 1290. The lowest BCUT2D eigenvalue weighted by molar-refractivity contribution is -0.121. The van der Waals surface area contributed by atoms with Gasteiger partial charge in [0.25, 0.3) is 11.5 Å².